The number of amides is 1. The number of hydrogen-bond donors (Lipinski definition) is 2. The number of likely N-dealkylation sites (N-methyl/N-ethyl adjacent to an activating group) is 1. The van der Waals surface area contributed by atoms with E-state index >= 15 is 0 Å². The zero-order valence-electron chi connectivity index (χ0n) is 12.4. The molecule has 5 nitrogen and oxygen atoms in total. The summed E-state index contributed by atoms with van der Waals surface area (Å²) in [5.41, 5.74) is 1.74. The fraction of sp³-hybridized carbons (Fsp3) is 0.500. The molecule has 5 heteroatoms. The van der Waals surface area contributed by atoms with Crippen molar-refractivity contribution in [2.75, 3.05) is 31.5 Å². The molecule has 1 heterocycles. The van der Waals surface area contributed by atoms with Crippen molar-refractivity contribution in [3.8, 4) is 6.07 Å². The summed E-state index contributed by atoms with van der Waals surface area (Å²) in [5, 5.41) is 14.9. The Morgan fingerprint density at radius 3 is 2.81 bits per heavy atom. The van der Waals surface area contributed by atoms with Crippen molar-refractivity contribution in [3.05, 3.63) is 29.8 Å². The van der Waals surface area contributed by atoms with E-state index in [0.29, 0.717) is 19.0 Å². The Morgan fingerprint density at radius 2 is 2.24 bits per heavy atom. The summed E-state index contributed by atoms with van der Waals surface area (Å²) in [6.07, 6.45) is 1.50. The molecule has 0 radical (unpaired) electrons. The van der Waals surface area contributed by atoms with Gasteiger partial charge in [0.1, 0.15) is 0 Å². The summed E-state index contributed by atoms with van der Waals surface area (Å²) in [5.74, 6) is 0.0109. The van der Waals surface area contributed by atoms with Gasteiger partial charge in [-0.25, -0.2) is 0 Å². The summed E-state index contributed by atoms with van der Waals surface area (Å²) < 4.78 is 0. The molecule has 0 saturated carbocycles. The van der Waals surface area contributed by atoms with Gasteiger partial charge in [-0.05, 0) is 37.2 Å². The molecule has 1 atom stereocenters. The number of benzene rings is 1. The van der Waals surface area contributed by atoms with Crippen molar-refractivity contribution in [1.29, 1.82) is 5.26 Å². The molecule has 2 N–H and O–H groups in total. The first-order chi connectivity index (χ1) is 10.2. The average molecular weight is 286 g/mol. The second kappa shape index (κ2) is 7.77. The molecule has 1 fully saturated rings. The fourth-order valence-corrected chi connectivity index (χ4v) is 2.63. The molecule has 1 saturated heterocycles. The van der Waals surface area contributed by atoms with Gasteiger partial charge in [0.2, 0.25) is 5.91 Å². The highest BCUT2D eigenvalue weighted by atomic mass is 16.2. The molecular formula is C16H22N4O. The first-order valence-corrected chi connectivity index (χ1v) is 7.43. The molecule has 2 rings (SSSR count). The highest BCUT2D eigenvalue weighted by Gasteiger charge is 2.22. The van der Waals surface area contributed by atoms with Gasteiger partial charge in [0.25, 0.3) is 0 Å². The van der Waals surface area contributed by atoms with E-state index in [1.807, 2.05) is 24.3 Å². The Hall–Kier alpha value is -1.90. The van der Waals surface area contributed by atoms with Crippen LogP contribution in [0.15, 0.2) is 24.3 Å². The van der Waals surface area contributed by atoms with Gasteiger partial charge in [-0.15, -0.1) is 0 Å². The third kappa shape index (κ3) is 4.55. The van der Waals surface area contributed by atoms with Crippen molar-refractivity contribution in [2.45, 2.75) is 25.8 Å². The lowest BCUT2D eigenvalue weighted by molar-refractivity contribution is -0.117. The number of nitrogens with one attached hydrogen (secondary N) is 2. The van der Waals surface area contributed by atoms with Crippen LogP contribution in [0.4, 0.5) is 5.69 Å². The summed E-state index contributed by atoms with van der Waals surface area (Å²) in [6, 6.07) is 10.0. The third-order valence-corrected chi connectivity index (χ3v) is 3.82. The Bertz CT molecular complexity index is 500. The van der Waals surface area contributed by atoms with Gasteiger partial charge in [-0.1, -0.05) is 19.1 Å². The van der Waals surface area contributed by atoms with Crippen LogP contribution in [-0.4, -0.2) is 43.0 Å². The van der Waals surface area contributed by atoms with E-state index in [1.165, 1.54) is 0 Å². The van der Waals surface area contributed by atoms with Crippen molar-refractivity contribution < 1.29 is 4.79 Å². The maximum Gasteiger partial charge on any atom is 0.238 e. The average Bonchev–Trinajstić information content (AvgIpc) is 3.01. The maximum atomic E-state index is 12.1. The van der Waals surface area contributed by atoms with Crippen LogP contribution < -0.4 is 10.6 Å². The molecule has 112 valence electrons. The van der Waals surface area contributed by atoms with Crippen molar-refractivity contribution in [3.63, 3.8) is 0 Å². The minimum Gasteiger partial charge on any atom is -0.325 e. The SMILES string of the molecule is CCN(CC(=O)Nc1ccc(CC#N)cc1)C1CCNC1. The molecule has 0 bridgehead atoms. The van der Waals surface area contributed by atoms with E-state index in [4.69, 9.17) is 5.26 Å². The molecule has 0 spiro atoms. The molecule has 21 heavy (non-hydrogen) atoms. The van der Waals surface area contributed by atoms with Crippen LogP contribution in [0.2, 0.25) is 0 Å². The lowest BCUT2D eigenvalue weighted by atomic mass is 10.1. The second-order valence-corrected chi connectivity index (χ2v) is 5.29. The lowest BCUT2D eigenvalue weighted by Crippen LogP contribution is -2.41. The van der Waals surface area contributed by atoms with E-state index in [2.05, 4.69) is 28.5 Å². The van der Waals surface area contributed by atoms with E-state index in [9.17, 15) is 4.79 Å². The number of anilines is 1. The molecule has 1 aromatic rings. The van der Waals surface area contributed by atoms with Gasteiger partial charge < -0.3 is 10.6 Å². The van der Waals surface area contributed by atoms with E-state index in [0.717, 1.165) is 37.3 Å². The molecule has 0 aliphatic carbocycles. The number of hydrogen-bond acceptors (Lipinski definition) is 4. The van der Waals surface area contributed by atoms with E-state index < -0.39 is 0 Å². The summed E-state index contributed by atoms with van der Waals surface area (Å²) in [4.78, 5) is 14.3. The minimum atomic E-state index is 0.0109. The number of nitriles is 1. The first-order valence-electron chi connectivity index (χ1n) is 7.43. The van der Waals surface area contributed by atoms with Crippen molar-refractivity contribution in [2.24, 2.45) is 0 Å². The van der Waals surface area contributed by atoms with Crippen LogP contribution in [0, 0.1) is 11.3 Å². The topological polar surface area (TPSA) is 68.2 Å². The Balaban J connectivity index is 1.86. The van der Waals surface area contributed by atoms with Gasteiger partial charge in [-0.2, -0.15) is 5.26 Å². The second-order valence-electron chi connectivity index (χ2n) is 5.29. The van der Waals surface area contributed by atoms with Crippen LogP contribution in [0.25, 0.3) is 0 Å². The Labute approximate surface area is 125 Å². The maximum absolute atomic E-state index is 12.1. The number of rotatable bonds is 6. The summed E-state index contributed by atoms with van der Waals surface area (Å²) in [7, 11) is 0. The Kier molecular flexibility index (Phi) is 5.73. The zero-order chi connectivity index (χ0) is 15.1. The first kappa shape index (κ1) is 15.5. The van der Waals surface area contributed by atoms with Crippen LogP contribution in [0.3, 0.4) is 0 Å². The van der Waals surface area contributed by atoms with Crippen molar-refractivity contribution in [1.82, 2.24) is 10.2 Å². The molecular weight excluding hydrogens is 264 g/mol. The Morgan fingerprint density at radius 1 is 1.48 bits per heavy atom. The van der Waals surface area contributed by atoms with E-state index in [1.54, 1.807) is 0 Å². The monoisotopic (exact) mass is 286 g/mol. The van der Waals surface area contributed by atoms with E-state index in [-0.39, 0.29) is 5.91 Å². The summed E-state index contributed by atoms with van der Waals surface area (Å²) in [6.45, 7) is 5.37. The van der Waals surface area contributed by atoms with Crippen molar-refractivity contribution >= 4 is 11.6 Å². The molecule has 1 aliphatic heterocycles. The minimum absolute atomic E-state index is 0.0109. The quantitative estimate of drug-likeness (QED) is 0.829. The predicted molar refractivity (Wildman–Crippen MR) is 82.9 cm³/mol. The number of carbonyl (C=O) groups is 1. The largest absolute Gasteiger partial charge is 0.325 e. The highest BCUT2D eigenvalue weighted by molar-refractivity contribution is 5.92. The zero-order valence-corrected chi connectivity index (χ0v) is 12.4. The van der Waals surface area contributed by atoms with Crippen LogP contribution >= 0.6 is 0 Å². The normalized spacial score (nSPS) is 17.7. The van der Waals surface area contributed by atoms with Crippen LogP contribution in [0.5, 0.6) is 0 Å². The molecule has 1 amide bonds. The van der Waals surface area contributed by atoms with Gasteiger partial charge in [0, 0.05) is 18.3 Å². The standard InChI is InChI=1S/C16H22N4O/c1-2-20(15-8-10-18-11-15)12-16(21)19-14-5-3-13(4-6-14)7-9-17/h3-6,15,18H,2,7-8,10-12H2,1H3,(H,19,21). The molecule has 1 unspecified atom stereocenters. The molecule has 1 aromatic carbocycles. The molecule has 0 aromatic heterocycles. The van der Waals surface area contributed by atoms with Gasteiger partial charge >= 0.3 is 0 Å². The van der Waals surface area contributed by atoms with Crippen LogP contribution in [-0.2, 0) is 11.2 Å². The number of nitrogens with zero attached hydrogens (tertiary/aromatic N) is 2. The van der Waals surface area contributed by atoms with Gasteiger partial charge in [0.05, 0.1) is 19.0 Å². The number of carbonyl (C=O) groups excluding carboxylic acids is 1. The summed E-state index contributed by atoms with van der Waals surface area (Å²) >= 11 is 0. The molecule has 1 aliphatic rings. The highest BCUT2D eigenvalue weighted by Crippen LogP contribution is 2.11. The smallest absolute Gasteiger partial charge is 0.238 e. The fourth-order valence-electron chi connectivity index (χ4n) is 2.63. The van der Waals surface area contributed by atoms with Crippen LogP contribution in [0.1, 0.15) is 18.9 Å². The third-order valence-electron chi connectivity index (χ3n) is 3.82. The van der Waals surface area contributed by atoms with Gasteiger partial charge in [0.15, 0.2) is 0 Å². The predicted octanol–water partition coefficient (Wildman–Crippen LogP) is 1.37. The lowest BCUT2D eigenvalue weighted by Gasteiger charge is -2.26. The van der Waals surface area contributed by atoms with Gasteiger partial charge in [-0.3, -0.25) is 9.69 Å².